The smallest absolute Gasteiger partial charge is 0.279 e. The molecule has 29 heavy (non-hydrogen) atoms. The number of aryl methyl sites for hydroxylation is 1. The molecule has 3 aromatic carbocycles. The highest BCUT2D eigenvalue weighted by Gasteiger charge is 2.17. The lowest BCUT2D eigenvalue weighted by molar-refractivity contribution is 0.292. The molecule has 4 rings (SSSR count). The van der Waals surface area contributed by atoms with Gasteiger partial charge in [-0.2, -0.15) is 0 Å². The highest BCUT2D eigenvalue weighted by molar-refractivity contribution is 6.35. The Kier molecular flexibility index (Phi) is 5.53. The summed E-state index contributed by atoms with van der Waals surface area (Å²) < 4.78 is 3.45. The minimum atomic E-state index is -0.112. The molecule has 0 amide bonds. The van der Waals surface area contributed by atoms with E-state index < -0.39 is 0 Å². The molecular weight excluding hydrogens is 386 g/mol. The maximum Gasteiger partial charge on any atom is 0.279 e. The Morgan fingerprint density at radius 1 is 1.03 bits per heavy atom. The van der Waals surface area contributed by atoms with Crippen LogP contribution in [0.15, 0.2) is 71.5 Å². The van der Waals surface area contributed by atoms with Crippen molar-refractivity contribution in [1.29, 1.82) is 0 Å². The van der Waals surface area contributed by atoms with Gasteiger partial charge < -0.3 is 10.4 Å². The molecule has 0 bridgehead atoms. The number of rotatable bonds is 6. The second-order valence-corrected chi connectivity index (χ2v) is 7.28. The predicted molar refractivity (Wildman–Crippen MR) is 118 cm³/mol. The molecule has 5 nitrogen and oxygen atoms in total. The van der Waals surface area contributed by atoms with Gasteiger partial charge in [0.15, 0.2) is 0 Å². The number of hydrogen-bond donors (Lipinski definition) is 2. The minimum absolute atomic E-state index is 0.0800. The maximum atomic E-state index is 13.3. The average Bonchev–Trinajstić information content (AvgIpc) is 2.99. The molecule has 0 saturated carbocycles. The molecule has 0 saturated heterocycles. The van der Waals surface area contributed by atoms with Gasteiger partial charge in [0, 0.05) is 25.7 Å². The van der Waals surface area contributed by atoms with Gasteiger partial charge in [-0.3, -0.25) is 9.48 Å². The Morgan fingerprint density at radius 3 is 2.59 bits per heavy atom. The van der Waals surface area contributed by atoms with Crippen LogP contribution in [0.25, 0.3) is 27.7 Å². The van der Waals surface area contributed by atoms with E-state index in [1.807, 2.05) is 78.5 Å². The molecule has 148 valence electrons. The highest BCUT2D eigenvalue weighted by atomic mass is 35.5. The number of aliphatic hydroxyl groups is 1. The SMILES string of the molecule is Cn1c2ccc(CNCCO)cc2c(=O)n1-c1cccc(-c2ccccc2)c1Cl. The monoisotopic (exact) mass is 407 g/mol. The molecule has 6 heteroatoms. The van der Waals surface area contributed by atoms with Crippen molar-refractivity contribution in [2.75, 3.05) is 13.2 Å². The van der Waals surface area contributed by atoms with Gasteiger partial charge in [0.1, 0.15) is 0 Å². The van der Waals surface area contributed by atoms with Gasteiger partial charge in [-0.1, -0.05) is 60.1 Å². The quantitative estimate of drug-likeness (QED) is 0.479. The zero-order valence-electron chi connectivity index (χ0n) is 16.1. The maximum absolute atomic E-state index is 13.3. The fourth-order valence-corrected chi connectivity index (χ4v) is 3.93. The van der Waals surface area contributed by atoms with Crippen LogP contribution < -0.4 is 10.9 Å². The minimum Gasteiger partial charge on any atom is -0.395 e. The molecule has 0 aliphatic rings. The summed E-state index contributed by atoms with van der Waals surface area (Å²) in [6.07, 6.45) is 0. The van der Waals surface area contributed by atoms with Crippen LogP contribution in [-0.4, -0.2) is 27.6 Å². The molecule has 0 fully saturated rings. The summed E-state index contributed by atoms with van der Waals surface area (Å²) in [7, 11) is 1.86. The first-order chi connectivity index (χ1) is 14.1. The summed E-state index contributed by atoms with van der Waals surface area (Å²) in [5, 5.41) is 13.2. The van der Waals surface area contributed by atoms with E-state index in [1.165, 1.54) is 0 Å². The second kappa shape index (κ2) is 8.25. The number of benzene rings is 3. The Labute approximate surface area is 173 Å². The Morgan fingerprint density at radius 2 is 1.83 bits per heavy atom. The van der Waals surface area contributed by atoms with Gasteiger partial charge in [0.2, 0.25) is 0 Å². The van der Waals surface area contributed by atoms with E-state index in [0.29, 0.717) is 29.2 Å². The van der Waals surface area contributed by atoms with Crippen LogP contribution in [0.5, 0.6) is 0 Å². The molecule has 2 N–H and O–H groups in total. The topological polar surface area (TPSA) is 59.2 Å². The average molecular weight is 408 g/mol. The molecular formula is C23H22ClN3O2. The third kappa shape index (κ3) is 3.60. The van der Waals surface area contributed by atoms with Crippen LogP contribution in [0.4, 0.5) is 0 Å². The van der Waals surface area contributed by atoms with Crippen molar-refractivity contribution in [1.82, 2.24) is 14.7 Å². The first-order valence-corrected chi connectivity index (χ1v) is 9.86. The standard InChI is InChI=1S/C23H22ClN3O2/c1-26-20-11-10-16(15-25-12-13-28)14-19(20)23(29)27(26)21-9-5-8-18(22(21)24)17-6-3-2-4-7-17/h2-11,14,25,28H,12-13,15H2,1H3. The molecule has 0 radical (unpaired) electrons. The van der Waals surface area contributed by atoms with Crippen molar-refractivity contribution in [2.45, 2.75) is 6.54 Å². The summed E-state index contributed by atoms with van der Waals surface area (Å²) in [6, 6.07) is 21.5. The Hall–Kier alpha value is -2.86. The molecule has 0 aliphatic heterocycles. The van der Waals surface area contributed by atoms with E-state index in [-0.39, 0.29) is 12.2 Å². The molecule has 4 aromatic rings. The summed E-state index contributed by atoms with van der Waals surface area (Å²) >= 11 is 6.76. The molecule has 1 heterocycles. The van der Waals surface area contributed by atoms with E-state index in [4.69, 9.17) is 16.7 Å². The van der Waals surface area contributed by atoms with E-state index in [1.54, 1.807) is 4.68 Å². The van der Waals surface area contributed by atoms with Gasteiger partial charge in [0.25, 0.3) is 5.56 Å². The number of aromatic nitrogens is 2. The lowest BCUT2D eigenvalue weighted by atomic mass is 10.1. The number of hydrogen-bond acceptors (Lipinski definition) is 3. The van der Waals surface area contributed by atoms with Crippen LogP contribution in [0.2, 0.25) is 5.02 Å². The van der Waals surface area contributed by atoms with Gasteiger partial charge in [0.05, 0.1) is 28.2 Å². The lowest BCUT2D eigenvalue weighted by Gasteiger charge is -2.13. The van der Waals surface area contributed by atoms with Crippen LogP contribution in [0.1, 0.15) is 5.56 Å². The number of nitrogens with one attached hydrogen (secondary N) is 1. The Balaban J connectivity index is 1.83. The molecule has 0 atom stereocenters. The third-order valence-corrected chi connectivity index (χ3v) is 5.44. The van der Waals surface area contributed by atoms with Gasteiger partial charge in [-0.15, -0.1) is 0 Å². The summed E-state index contributed by atoms with van der Waals surface area (Å²) in [4.78, 5) is 13.3. The zero-order chi connectivity index (χ0) is 20.4. The zero-order valence-corrected chi connectivity index (χ0v) is 16.9. The van der Waals surface area contributed by atoms with Crippen LogP contribution in [-0.2, 0) is 13.6 Å². The van der Waals surface area contributed by atoms with Crippen LogP contribution in [0, 0.1) is 0 Å². The van der Waals surface area contributed by atoms with Gasteiger partial charge >= 0.3 is 0 Å². The predicted octanol–water partition coefficient (Wildman–Crippen LogP) is 3.73. The first kappa shape index (κ1) is 19.5. The van der Waals surface area contributed by atoms with E-state index >= 15 is 0 Å². The number of nitrogens with zero attached hydrogens (tertiary/aromatic N) is 2. The third-order valence-electron chi connectivity index (χ3n) is 5.04. The van der Waals surface area contributed by atoms with Crippen LogP contribution >= 0.6 is 11.6 Å². The van der Waals surface area contributed by atoms with Crippen molar-refractivity contribution in [2.24, 2.45) is 7.05 Å². The highest BCUT2D eigenvalue weighted by Crippen LogP contribution is 2.32. The molecule has 0 aliphatic carbocycles. The molecule has 1 aromatic heterocycles. The van der Waals surface area contributed by atoms with Crippen molar-refractivity contribution < 1.29 is 5.11 Å². The number of aliphatic hydroxyl groups excluding tert-OH is 1. The Bertz CT molecular complexity index is 1210. The fourth-order valence-electron chi connectivity index (χ4n) is 3.61. The summed E-state index contributed by atoms with van der Waals surface area (Å²) in [5.41, 5.74) is 4.25. The number of halogens is 1. The molecule has 0 spiro atoms. The fraction of sp³-hybridized carbons (Fsp3) is 0.174. The van der Waals surface area contributed by atoms with Crippen molar-refractivity contribution >= 4 is 22.5 Å². The largest absolute Gasteiger partial charge is 0.395 e. The van der Waals surface area contributed by atoms with Gasteiger partial charge in [-0.05, 0) is 29.3 Å². The summed E-state index contributed by atoms with van der Waals surface area (Å²) in [5.74, 6) is 0. The van der Waals surface area contributed by atoms with Crippen molar-refractivity contribution in [3.8, 4) is 16.8 Å². The van der Waals surface area contributed by atoms with E-state index in [2.05, 4.69) is 5.32 Å². The van der Waals surface area contributed by atoms with E-state index in [9.17, 15) is 4.79 Å². The van der Waals surface area contributed by atoms with E-state index in [0.717, 1.165) is 22.2 Å². The lowest BCUT2D eigenvalue weighted by Crippen LogP contribution is -2.20. The van der Waals surface area contributed by atoms with Crippen LogP contribution in [0.3, 0.4) is 0 Å². The van der Waals surface area contributed by atoms with Gasteiger partial charge in [-0.25, -0.2) is 4.68 Å². The number of fused-ring (bicyclic) bond motifs is 1. The molecule has 0 unspecified atom stereocenters. The second-order valence-electron chi connectivity index (χ2n) is 6.90. The van der Waals surface area contributed by atoms with Crippen molar-refractivity contribution in [3.63, 3.8) is 0 Å². The first-order valence-electron chi connectivity index (χ1n) is 9.48. The summed E-state index contributed by atoms with van der Waals surface area (Å²) in [6.45, 7) is 1.19. The van der Waals surface area contributed by atoms with Crippen molar-refractivity contribution in [3.05, 3.63) is 87.7 Å². The normalized spacial score (nSPS) is 11.3.